The molecule has 3 rings (SSSR count). The third-order valence-electron chi connectivity index (χ3n) is 5.78. The molecule has 1 amide bonds. The smallest absolute Gasteiger partial charge is 0.239 e. The van der Waals surface area contributed by atoms with Crippen molar-refractivity contribution in [1.82, 2.24) is 15.1 Å². The number of hydrogen-bond acceptors (Lipinski definition) is 5. The predicted molar refractivity (Wildman–Crippen MR) is 106 cm³/mol. The number of nitrogens with zero attached hydrogens (tertiary/aromatic N) is 2. The zero-order chi connectivity index (χ0) is 19.2. The second-order valence-corrected chi connectivity index (χ2v) is 7.76. The van der Waals surface area contributed by atoms with Crippen molar-refractivity contribution in [3.63, 3.8) is 0 Å². The lowest BCUT2D eigenvalue weighted by Gasteiger charge is -2.37. The minimum Gasteiger partial charge on any atom is -0.486 e. The first-order chi connectivity index (χ1) is 13.1. The summed E-state index contributed by atoms with van der Waals surface area (Å²) in [6.07, 6.45) is 3.46. The van der Waals surface area contributed by atoms with E-state index in [4.69, 9.17) is 9.47 Å². The summed E-state index contributed by atoms with van der Waals surface area (Å²) in [6.45, 7) is 6.13. The maximum absolute atomic E-state index is 12.9. The van der Waals surface area contributed by atoms with E-state index in [1.807, 2.05) is 45.3 Å². The van der Waals surface area contributed by atoms with Gasteiger partial charge in [-0.25, -0.2) is 0 Å². The van der Waals surface area contributed by atoms with Gasteiger partial charge in [0.25, 0.3) is 0 Å². The molecule has 150 valence electrons. The van der Waals surface area contributed by atoms with Gasteiger partial charge in [-0.15, -0.1) is 0 Å². The van der Waals surface area contributed by atoms with Crippen LogP contribution in [0, 0.1) is 5.92 Å². The molecule has 1 fully saturated rings. The zero-order valence-corrected chi connectivity index (χ0v) is 16.8. The first-order valence-corrected chi connectivity index (χ1v) is 10.1. The largest absolute Gasteiger partial charge is 0.486 e. The summed E-state index contributed by atoms with van der Waals surface area (Å²) in [6, 6.07) is 7.59. The highest BCUT2D eigenvalue weighted by Gasteiger charge is 2.30. The molecule has 2 heterocycles. The molecule has 1 saturated heterocycles. The molecule has 0 aliphatic carbocycles. The maximum Gasteiger partial charge on any atom is 0.239 e. The van der Waals surface area contributed by atoms with Crippen LogP contribution in [0.2, 0.25) is 0 Å². The minimum atomic E-state index is -0.131. The SMILES string of the molecule is CNCCC1CCN(C(C)C(=O)N(C)CC2COc3ccccc3O2)CC1. The number of carbonyl (C=O) groups excluding carboxylic acids is 1. The normalized spacial score (nSPS) is 21.7. The van der Waals surface area contributed by atoms with Gasteiger partial charge >= 0.3 is 0 Å². The highest BCUT2D eigenvalue weighted by Crippen LogP contribution is 2.31. The maximum atomic E-state index is 12.9. The van der Waals surface area contributed by atoms with E-state index in [9.17, 15) is 4.79 Å². The number of amides is 1. The van der Waals surface area contributed by atoms with E-state index in [0.717, 1.165) is 37.1 Å². The number of carbonyl (C=O) groups is 1. The van der Waals surface area contributed by atoms with Crippen molar-refractivity contribution in [3.8, 4) is 11.5 Å². The molecule has 27 heavy (non-hydrogen) atoms. The van der Waals surface area contributed by atoms with Gasteiger partial charge in [0.1, 0.15) is 6.61 Å². The van der Waals surface area contributed by atoms with Gasteiger partial charge < -0.3 is 19.7 Å². The fourth-order valence-corrected chi connectivity index (χ4v) is 4.00. The third kappa shape index (κ3) is 5.14. The summed E-state index contributed by atoms with van der Waals surface area (Å²) in [5, 5.41) is 3.23. The molecule has 0 aromatic heterocycles. The van der Waals surface area contributed by atoms with Gasteiger partial charge in [0.15, 0.2) is 17.6 Å². The van der Waals surface area contributed by atoms with E-state index in [1.54, 1.807) is 4.90 Å². The highest BCUT2D eigenvalue weighted by molar-refractivity contribution is 5.81. The quantitative estimate of drug-likeness (QED) is 0.790. The molecule has 2 aliphatic heterocycles. The molecule has 0 bridgehead atoms. The summed E-state index contributed by atoms with van der Waals surface area (Å²) in [5.74, 6) is 2.47. The summed E-state index contributed by atoms with van der Waals surface area (Å²) >= 11 is 0. The van der Waals surface area contributed by atoms with Gasteiger partial charge in [0, 0.05) is 7.05 Å². The van der Waals surface area contributed by atoms with Crippen LogP contribution in [0.5, 0.6) is 11.5 Å². The van der Waals surface area contributed by atoms with Crippen LogP contribution in [0.3, 0.4) is 0 Å². The molecule has 1 N–H and O–H groups in total. The molecule has 0 saturated carbocycles. The average Bonchev–Trinajstić information content (AvgIpc) is 2.71. The Morgan fingerprint density at radius 1 is 1.30 bits per heavy atom. The first kappa shape index (κ1) is 20.0. The van der Waals surface area contributed by atoms with E-state index < -0.39 is 0 Å². The lowest BCUT2D eigenvalue weighted by molar-refractivity contribution is -0.137. The van der Waals surface area contributed by atoms with Gasteiger partial charge in [-0.2, -0.15) is 0 Å². The number of likely N-dealkylation sites (tertiary alicyclic amines) is 1. The van der Waals surface area contributed by atoms with Crippen molar-refractivity contribution in [2.24, 2.45) is 5.92 Å². The molecule has 2 atom stereocenters. The Hall–Kier alpha value is -1.79. The molecule has 1 aromatic carbocycles. The average molecular weight is 376 g/mol. The van der Waals surface area contributed by atoms with Crippen LogP contribution in [0.1, 0.15) is 26.2 Å². The van der Waals surface area contributed by atoms with E-state index >= 15 is 0 Å². The Balaban J connectivity index is 1.46. The van der Waals surface area contributed by atoms with Gasteiger partial charge in [-0.1, -0.05) is 12.1 Å². The summed E-state index contributed by atoms with van der Waals surface area (Å²) in [5.41, 5.74) is 0. The number of ether oxygens (including phenoxy) is 2. The van der Waals surface area contributed by atoms with Crippen LogP contribution in [-0.4, -0.2) is 74.7 Å². The Kier molecular flexibility index (Phi) is 6.96. The fourth-order valence-electron chi connectivity index (χ4n) is 4.00. The van der Waals surface area contributed by atoms with Gasteiger partial charge in [-0.3, -0.25) is 9.69 Å². The van der Waals surface area contributed by atoms with Crippen LogP contribution < -0.4 is 14.8 Å². The van der Waals surface area contributed by atoms with Crippen molar-refractivity contribution in [3.05, 3.63) is 24.3 Å². The highest BCUT2D eigenvalue weighted by atomic mass is 16.6. The fraction of sp³-hybridized carbons (Fsp3) is 0.667. The van der Waals surface area contributed by atoms with Gasteiger partial charge in [0.2, 0.25) is 5.91 Å². The van der Waals surface area contributed by atoms with Crippen LogP contribution >= 0.6 is 0 Å². The van der Waals surface area contributed by atoms with Crippen LogP contribution in [-0.2, 0) is 4.79 Å². The lowest BCUT2D eigenvalue weighted by atomic mass is 9.92. The first-order valence-electron chi connectivity index (χ1n) is 10.1. The Labute approximate surface area is 162 Å². The lowest BCUT2D eigenvalue weighted by Crippen LogP contribution is -2.51. The van der Waals surface area contributed by atoms with E-state index in [2.05, 4.69) is 10.2 Å². The number of para-hydroxylation sites is 2. The second kappa shape index (κ2) is 9.42. The topological polar surface area (TPSA) is 54.0 Å². The van der Waals surface area contributed by atoms with Crippen molar-refractivity contribution < 1.29 is 14.3 Å². The van der Waals surface area contributed by atoms with Crippen LogP contribution in [0.15, 0.2) is 24.3 Å². The van der Waals surface area contributed by atoms with Crippen LogP contribution in [0.4, 0.5) is 0 Å². The molecule has 0 spiro atoms. The predicted octanol–water partition coefficient (Wildman–Crippen LogP) is 1.99. The van der Waals surface area contributed by atoms with Gasteiger partial charge in [0.05, 0.1) is 12.6 Å². The molecule has 0 radical (unpaired) electrons. The zero-order valence-electron chi connectivity index (χ0n) is 16.8. The van der Waals surface area contributed by atoms with E-state index in [1.165, 1.54) is 19.3 Å². The number of fused-ring (bicyclic) bond motifs is 1. The monoisotopic (exact) mass is 375 g/mol. The Morgan fingerprint density at radius 3 is 2.70 bits per heavy atom. The number of likely N-dealkylation sites (N-methyl/N-ethyl adjacent to an activating group) is 1. The molecular formula is C21H33N3O3. The number of hydrogen-bond donors (Lipinski definition) is 1. The van der Waals surface area contributed by atoms with Crippen molar-refractivity contribution in [2.45, 2.75) is 38.3 Å². The number of piperidine rings is 1. The van der Waals surface area contributed by atoms with Crippen molar-refractivity contribution >= 4 is 5.91 Å². The Morgan fingerprint density at radius 2 is 2.00 bits per heavy atom. The number of rotatable bonds is 7. The molecule has 6 nitrogen and oxygen atoms in total. The second-order valence-electron chi connectivity index (χ2n) is 7.76. The summed E-state index contributed by atoms with van der Waals surface area (Å²) in [7, 11) is 3.87. The van der Waals surface area contributed by atoms with Crippen molar-refractivity contribution in [1.29, 1.82) is 0 Å². The number of nitrogens with one attached hydrogen (secondary N) is 1. The van der Waals surface area contributed by atoms with Crippen molar-refractivity contribution in [2.75, 3.05) is 46.9 Å². The summed E-state index contributed by atoms with van der Waals surface area (Å²) < 4.78 is 11.8. The molecule has 6 heteroatoms. The molecular weight excluding hydrogens is 342 g/mol. The Bertz CT molecular complexity index is 616. The number of benzene rings is 1. The minimum absolute atomic E-state index is 0.0861. The van der Waals surface area contributed by atoms with Gasteiger partial charge in [-0.05, 0) is 70.9 Å². The van der Waals surface area contributed by atoms with E-state index in [-0.39, 0.29) is 18.1 Å². The standard InChI is InChI=1S/C21H33N3O3/c1-16(24-12-9-17(10-13-24)8-11-22-2)21(25)23(3)14-18-15-26-19-6-4-5-7-20(19)27-18/h4-7,16-18,22H,8-15H2,1-3H3. The molecule has 1 aromatic rings. The third-order valence-corrected chi connectivity index (χ3v) is 5.78. The summed E-state index contributed by atoms with van der Waals surface area (Å²) in [4.78, 5) is 17.0. The molecule has 2 aliphatic rings. The van der Waals surface area contributed by atoms with Crippen LogP contribution in [0.25, 0.3) is 0 Å². The van der Waals surface area contributed by atoms with E-state index in [0.29, 0.717) is 13.2 Å². The molecule has 2 unspecified atom stereocenters.